The van der Waals surface area contributed by atoms with Crippen LogP contribution in [0.2, 0.25) is 5.02 Å². The van der Waals surface area contributed by atoms with Crippen molar-refractivity contribution in [2.45, 2.75) is 0 Å². The molecule has 0 amide bonds. The molecule has 0 aliphatic heterocycles. The Morgan fingerprint density at radius 1 is 0.739 bits per heavy atom. The fraction of sp³-hybridized carbons (Fsp3) is 0. The van der Waals surface area contributed by atoms with Gasteiger partial charge in [0.25, 0.3) is 0 Å². The van der Waals surface area contributed by atoms with Crippen molar-refractivity contribution >= 4 is 40.3 Å². The Hall–Kier alpha value is -2.36. The molecule has 0 fully saturated rings. The van der Waals surface area contributed by atoms with Gasteiger partial charge < -0.3 is 10.6 Å². The predicted octanol–water partition coefficient (Wildman–Crippen LogP) is 5.82. The van der Waals surface area contributed by atoms with Crippen molar-refractivity contribution in [1.29, 1.82) is 0 Å². The van der Waals surface area contributed by atoms with Gasteiger partial charge in [-0.15, -0.1) is 0 Å². The van der Waals surface area contributed by atoms with Gasteiger partial charge in [0.15, 0.2) is 5.11 Å². The van der Waals surface area contributed by atoms with Crippen LogP contribution in [0.15, 0.2) is 78.9 Å². The SMILES string of the molecule is S=C(Nc1ccc(Cl)cc1)Nc1ccccc1-c1ccccc1. The molecule has 0 aromatic heterocycles. The number of halogens is 1. The van der Waals surface area contributed by atoms with E-state index in [0.29, 0.717) is 10.1 Å². The fourth-order valence-electron chi connectivity index (χ4n) is 2.28. The maximum atomic E-state index is 5.89. The first kappa shape index (κ1) is 15.5. The van der Waals surface area contributed by atoms with Crippen LogP contribution in [0.25, 0.3) is 11.1 Å². The van der Waals surface area contributed by atoms with Crippen LogP contribution < -0.4 is 10.6 Å². The fourth-order valence-corrected chi connectivity index (χ4v) is 2.63. The summed E-state index contributed by atoms with van der Waals surface area (Å²) < 4.78 is 0. The van der Waals surface area contributed by atoms with E-state index in [0.717, 1.165) is 22.5 Å². The zero-order valence-electron chi connectivity index (χ0n) is 12.3. The molecule has 4 heteroatoms. The zero-order chi connectivity index (χ0) is 16.1. The molecule has 3 rings (SSSR count). The van der Waals surface area contributed by atoms with Crippen LogP contribution in [0.1, 0.15) is 0 Å². The Morgan fingerprint density at radius 3 is 2.13 bits per heavy atom. The highest BCUT2D eigenvalue weighted by molar-refractivity contribution is 7.80. The van der Waals surface area contributed by atoms with E-state index < -0.39 is 0 Å². The largest absolute Gasteiger partial charge is 0.332 e. The Balaban J connectivity index is 1.78. The summed E-state index contributed by atoms with van der Waals surface area (Å²) in [6.07, 6.45) is 0. The highest BCUT2D eigenvalue weighted by atomic mass is 35.5. The van der Waals surface area contributed by atoms with Gasteiger partial charge in [-0.2, -0.15) is 0 Å². The maximum absolute atomic E-state index is 5.89. The minimum atomic E-state index is 0.538. The van der Waals surface area contributed by atoms with Crippen LogP contribution >= 0.6 is 23.8 Å². The lowest BCUT2D eigenvalue weighted by Gasteiger charge is -2.14. The third kappa shape index (κ3) is 4.09. The Kier molecular flexibility index (Phi) is 4.91. The van der Waals surface area contributed by atoms with Crippen LogP contribution in [0.3, 0.4) is 0 Å². The molecule has 0 radical (unpaired) electrons. The molecule has 23 heavy (non-hydrogen) atoms. The average molecular weight is 339 g/mol. The monoisotopic (exact) mass is 338 g/mol. The molecule has 0 bridgehead atoms. The molecule has 0 atom stereocenters. The number of benzene rings is 3. The summed E-state index contributed by atoms with van der Waals surface area (Å²) >= 11 is 11.3. The van der Waals surface area contributed by atoms with Gasteiger partial charge in [-0.1, -0.05) is 60.1 Å². The average Bonchev–Trinajstić information content (AvgIpc) is 2.58. The number of thiocarbonyl (C=S) groups is 1. The number of anilines is 2. The molecule has 2 nitrogen and oxygen atoms in total. The third-order valence-electron chi connectivity index (χ3n) is 3.36. The van der Waals surface area contributed by atoms with Gasteiger partial charge >= 0.3 is 0 Å². The first-order valence-electron chi connectivity index (χ1n) is 7.20. The summed E-state index contributed by atoms with van der Waals surface area (Å²) in [4.78, 5) is 0. The van der Waals surface area contributed by atoms with Crippen LogP contribution in [0.4, 0.5) is 11.4 Å². The van der Waals surface area contributed by atoms with E-state index >= 15 is 0 Å². The van der Waals surface area contributed by atoms with E-state index in [1.165, 1.54) is 0 Å². The van der Waals surface area contributed by atoms with Crippen molar-refractivity contribution in [2.24, 2.45) is 0 Å². The van der Waals surface area contributed by atoms with E-state index in [1.54, 1.807) is 0 Å². The molecule has 114 valence electrons. The molecular formula is C19H15ClN2S. The second-order valence-corrected chi connectivity index (χ2v) is 5.84. The molecule has 0 saturated carbocycles. The summed E-state index contributed by atoms with van der Waals surface area (Å²) in [6, 6.07) is 25.7. The molecule has 0 spiro atoms. The first-order chi connectivity index (χ1) is 11.2. The topological polar surface area (TPSA) is 24.1 Å². The zero-order valence-corrected chi connectivity index (χ0v) is 13.9. The number of hydrogen-bond donors (Lipinski definition) is 2. The van der Waals surface area contributed by atoms with Gasteiger partial charge in [0.2, 0.25) is 0 Å². The molecule has 0 saturated heterocycles. The summed E-state index contributed by atoms with van der Waals surface area (Å²) in [5.74, 6) is 0. The van der Waals surface area contributed by atoms with E-state index in [-0.39, 0.29) is 0 Å². The number of nitrogens with one attached hydrogen (secondary N) is 2. The Morgan fingerprint density at radius 2 is 1.39 bits per heavy atom. The first-order valence-corrected chi connectivity index (χ1v) is 7.99. The van der Waals surface area contributed by atoms with Gasteiger partial charge in [0.1, 0.15) is 0 Å². The standard InChI is InChI=1S/C19H15ClN2S/c20-15-10-12-16(13-11-15)21-19(23)22-18-9-5-4-8-17(18)14-6-2-1-3-7-14/h1-13H,(H2,21,22,23). The molecule has 3 aromatic carbocycles. The normalized spacial score (nSPS) is 10.1. The number of para-hydroxylation sites is 1. The molecule has 0 unspecified atom stereocenters. The Bertz CT molecular complexity index is 801. The van der Waals surface area contributed by atoms with Gasteiger partial charge in [-0.05, 0) is 48.1 Å². The minimum Gasteiger partial charge on any atom is -0.332 e. The summed E-state index contributed by atoms with van der Waals surface area (Å²) in [7, 11) is 0. The third-order valence-corrected chi connectivity index (χ3v) is 3.82. The summed E-state index contributed by atoms with van der Waals surface area (Å²) in [5.41, 5.74) is 4.10. The predicted molar refractivity (Wildman–Crippen MR) is 103 cm³/mol. The lowest BCUT2D eigenvalue weighted by Crippen LogP contribution is -2.19. The van der Waals surface area contributed by atoms with Crippen molar-refractivity contribution in [3.05, 3.63) is 83.9 Å². The van der Waals surface area contributed by atoms with E-state index in [9.17, 15) is 0 Å². The quantitative estimate of drug-likeness (QED) is 0.589. The second kappa shape index (κ2) is 7.27. The van der Waals surface area contributed by atoms with Crippen LogP contribution in [0, 0.1) is 0 Å². The molecule has 0 aliphatic rings. The van der Waals surface area contributed by atoms with Crippen LogP contribution in [-0.2, 0) is 0 Å². The molecule has 0 heterocycles. The van der Waals surface area contributed by atoms with Crippen molar-refractivity contribution in [2.75, 3.05) is 10.6 Å². The number of hydrogen-bond acceptors (Lipinski definition) is 1. The highest BCUT2D eigenvalue weighted by Gasteiger charge is 2.06. The van der Waals surface area contributed by atoms with E-state index in [2.05, 4.69) is 28.8 Å². The lowest BCUT2D eigenvalue weighted by molar-refractivity contribution is 1.57. The molecular weight excluding hydrogens is 324 g/mol. The number of rotatable bonds is 3. The highest BCUT2D eigenvalue weighted by Crippen LogP contribution is 2.27. The summed E-state index contributed by atoms with van der Waals surface area (Å²) in [5, 5.41) is 7.65. The second-order valence-electron chi connectivity index (χ2n) is 5.00. The minimum absolute atomic E-state index is 0.538. The maximum Gasteiger partial charge on any atom is 0.175 e. The van der Waals surface area contributed by atoms with Gasteiger partial charge in [-0.3, -0.25) is 0 Å². The van der Waals surface area contributed by atoms with Crippen molar-refractivity contribution in [3.8, 4) is 11.1 Å². The van der Waals surface area contributed by atoms with E-state index in [4.69, 9.17) is 23.8 Å². The van der Waals surface area contributed by atoms with Crippen molar-refractivity contribution in [3.63, 3.8) is 0 Å². The molecule has 2 N–H and O–H groups in total. The van der Waals surface area contributed by atoms with E-state index in [1.807, 2.05) is 60.7 Å². The summed E-state index contributed by atoms with van der Waals surface area (Å²) in [6.45, 7) is 0. The van der Waals surface area contributed by atoms with Crippen LogP contribution in [0.5, 0.6) is 0 Å². The van der Waals surface area contributed by atoms with Crippen molar-refractivity contribution in [1.82, 2.24) is 0 Å². The lowest BCUT2D eigenvalue weighted by atomic mass is 10.0. The molecule has 0 aliphatic carbocycles. The molecule has 3 aromatic rings. The van der Waals surface area contributed by atoms with Gasteiger partial charge in [0.05, 0.1) is 0 Å². The van der Waals surface area contributed by atoms with Crippen molar-refractivity contribution < 1.29 is 0 Å². The van der Waals surface area contributed by atoms with Crippen LogP contribution in [-0.4, -0.2) is 5.11 Å². The smallest absolute Gasteiger partial charge is 0.175 e. The van der Waals surface area contributed by atoms with Gasteiger partial charge in [-0.25, -0.2) is 0 Å². The van der Waals surface area contributed by atoms with Gasteiger partial charge in [0, 0.05) is 22.0 Å². The Labute approximate surface area is 146 Å².